The summed E-state index contributed by atoms with van der Waals surface area (Å²) in [6, 6.07) is 8.17. The zero-order valence-corrected chi connectivity index (χ0v) is 17.1. The summed E-state index contributed by atoms with van der Waals surface area (Å²) in [5.74, 6) is 0.754. The molecular weight excluding hydrogens is 326 g/mol. The van der Waals surface area contributed by atoms with Gasteiger partial charge in [-0.2, -0.15) is 0 Å². The predicted molar refractivity (Wildman–Crippen MR) is 110 cm³/mol. The number of methoxy groups -OCH3 is 1. The van der Waals surface area contributed by atoms with E-state index in [0.29, 0.717) is 6.54 Å². The monoisotopic (exact) mass is 363 g/mol. The lowest BCUT2D eigenvalue weighted by atomic mass is 9.86. The SMILES string of the molecule is CCNC(=NCC(O)c1ccc(C(C)(C)C)cc1)NCCCCCOC. The van der Waals surface area contributed by atoms with Crippen molar-refractivity contribution in [1.29, 1.82) is 0 Å². The number of nitrogens with zero attached hydrogens (tertiary/aromatic N) is 1. The number of benzene rings is 1. The Labute approximate surface area is 159 Å². The Bertz CT molecular complexity index is 521. The lowest BCUT2D eigenvalue weighted by molar-refractivity contribution is 0.187. The van der Waals surface area contributed by atoms with Gasteiger partial charge in [-0.25, -0.2) is 0 Å². The van der Waals surface area contributed by atoms with Crippen molar-refractivity contribution >= 4 is 5.96 Å². The van der Waals surface area contributed by atoms with Gasteiger partial charge in [0.1, 0.15) is 0 Å². The van der Waals surface area contributed by atoms with Gasteiger partial charge < -0.3 is 20.5 Å². The van der Waals surface area contributed by atoms with Gasteiger partial charge in [0.15, 0.2) is 5.96 Å². The third kappa shape index (κ3) is 8.68. The summed E-state index contributed by atoms with van der Waals surface area (Å²) in [5.41, 5.74) is 2.28. The van der Waals surface area contributed by atoms with Gasteiger partial charge in [0.25, 0.3) is 0 Å². The Morgan fingerprint density at radius 1 is 1.12 bits per heavy atom. The highest BCUT2D eigenvalue weighted by Crippen LogP contribution is 2.24. The Hall–Kier alpha value is -1.59. The molecule has 0 aliphatic heterocycles. The van der Waals surface area contributed by atoms with E-state index in [1.165, 1.54) is 5.56 Å². The van der Waals surface area contributed by atoms with Gasteiger partial charge in [-0.05, 0) is 42.7 Å². The Morgan fingerprint density at radius 2 is 1.81 bits per heavy atom. The second kappa shape index (κ2) is 11.9. The van der Waals surface area contributed by atoms with E-state index in [-0.39, 0.29) is 5.41 Å². The fourth-order valence-corrected chi connectivity index (χ4v) is 2.59. The van der Waals surface area contributed by atoms with Crippen LogP contribution in [0.1, 0.15) is 64.2 Å². The van der Waals surface area contributed by atoms with Crippen LogP contribution in [-0.4, -0.2) is 44.4 Å². The number of ether oxygens (including phenoxy) is 1. The predicted octanol–water partition coefficient (Wildman–Crippen LogP) is 3.39. The van der Waals surface area contributed by atoms with Crippen LogP contribution in [0.15, 0.2) is 29.3 Å². The van der Waals surface area contributed by atoms with E-state index >= 15 is 0 Å². The molecule has 1 aromatic carbocycles. The lowest BCUT2D eigenvalue weighted by Gasteiger charge is -2.20. The van der Waals surface area contributed by atoms with Crippen LogP contribution in [0.3, 0.4) is 0 Å². The zero-order valence-electron chi connectivity index (χ0n) is 17.1. The summed E-state index contributed by atoms with van der Waals surface area (Å²) in [6.45, 7) is 11.4. The minimum atomic E-state index is -0.596. The Kier molecular flexibility index (Phi) is 10.3. The number of guanidine groups is 1. The van der Waals surface area contributed by atoms with Crippen LogP contribution in [0.5, 0.6) is 0 Å². The average molecular weight is 364 g/mol. The van der Waals surface area contributed by atoms with E-state index in [1.807, 2.05) is 19.1 Å². The first-order valence-electron chi connectivity index (χ1n) is 9.68. The molecule has 0 fully saturated rings. The fraction of sp³-hybridized carbons (Fsp3) is 0.667. The largest absolute Gasteiger partial charge is 0.386 e. The van der Waals surface area contributed by atoms with Gasteiger partial charge in [-0.1, -0.05) is 45.0 Å². The van der Waals surface area contributed by atoms with Gasteiger partial charge in [0.2, 0.25) is 0 Å². The standard InChI is InChI=1S/C21H37N3O2/c1-6-22-20(23-14-8-7-9-15-26-5)24-16-19(25)17-10-12-18(13-11-17)21(2,3)4/h10-13,19,25H,6-9,14-16H2,1-5H3,(H2,22,23,24). The Balaban J connectivity index is 2.51. The highest BCUT2D eigenvalue weighted by molar-refractivity contribution is 5.79. The van der Waals surface area contributed by atoms with E-state index in [1.54, 1.807) is 7.11 Å². The molecule has 0 saturated heterocycles. The van der Waals surface area contributed by atoms with Crippen molar-refractivity contribution in [3.05, 3.63) is 35.4 Å². The van der Waals surface area contributed by atoms with Crippen molar-refractivity contribution in [3.8, 4) is 0 Å². The summed E-state index contributed by atoms with van der Waals surface area (Å²) in [7, 11) is 1.73. The first kappa shape index (κ1) is 22.5. The van der Waals surface area contributed by atoms with Gasteiger partial charge >= 0.3 is 0 Å². The van der Waals surface area contributed by atoms with Gasteiger partial charge in [-0.3, -0.25) is 4.99 Å². The summed E-state index contributed by atoms with van der Waals surface area (Å²) < 4.78 is 5.06. The number of nitrogens with one attached hydrogen (secondary N) is 2. The van der Waals surface area contributed by atoms with E-state index in [9.17, 15) is 5.11 Å². The molecule has 0 aromatic heterocycles. The van der Waals surface area contributed by atoms with Gasteiger partial charge in [-0.15, -0.1) is 0 Å². The van der Waals surface area contributed by atoms with Crippen LogP contribution >= 0.6 is 0 Å². The molecule has 1 rings (SSSR count). The normalized spacial score (nSPS) is 13.5. The summed E-state index contributed by atoms with van der Waals surface area (Å²) in [6.07, 6.45) is 2.68. The fourth-order valence-electron chi connectivity index (χ4n) is 2.59. The van der Waals surface area contributed by atoms with Crippen LogP contribution in [-0.2, 0) is 10.2 Å². The first-order valence-corrected chi connectivity index (χ1v) is 9.68. The average Bonchev–Trinajstić information content (AvgIpc) is 2.61. The maximum absolute atomic E-state index is 10.4. The van der Waals surface area contributed by atoms with Gasteiger partial charge in [0.05, 0.1) is 12.6 Å². The van der Waals surface area contributed by atoms with Crippen molar-refractivity contribution in [2.75, 3.05) is 33.4 Å². The molecule has 0 radical (unpaired) electrons. The number of aliphatic imine (C=N–C) groups is 1. The number of unbranched alkanes of at least 4 members (excludes halogenated alkanes) is 2. The molecule has 148 valence electrons. The summed E-state index contributed by atoms with van der Waals surface area (Å²) in [5, 5.41) is 17.0. The van der Waals surface area contributed by atoms with Crippen molar-refractivity contribution < 1.29 is 9.84 Å². The summed E-state index contributed by atoms with van der Waals surface area (Å²) in [4.78, 5) is 4.51. The molecule has 5 nitrogen and oxygen atoms in total. The molecule has 0 bridgehead atoms. The molecule has 0 amide bonds. The van der Waals surface area contributed by atoms with E-state index in [4.69, 9.17) is 4.74 Å². The van der Waals surface area contributed by atoms with Crippen LogP contribution in [0.25, 0.3) is 0 Å². The third-order valence-corrected chi connectivity index (χ3v) is 4.25. The molecular formula is C21H37N3O2. The molecule has 0 spiro atoms. The number of hydrogen-bond donors (Lipinski definition) is 3. The van der Waals surface area contributed by atoms with Crippen LogP contribution in [0, 0.1) is 0 Å². The molecule has 0 heterocycles. The second-order valence-corrected chi connectivity index (χ2v) is 7.59. The number of hydrogen-bond acceptors (Lipinski definition) is 3. The maximum atomic E-state index is 10.4. The molecule has 0 saturated carbocycles. The van der Waals surface area contributed by atoms with Crippen molar-refractivity contribution in [2.45, 2.75) is 58.5 Å². The topological polar surface area (TPSA) is 65.9 Å². The molecule has 3 N–H and O–H groups in total. The molecule has 26 heavy (non-hydrogen) atoms. The van der Waals surface area contributed by atoms with Crippen molar-refractivity contribution in [1.82, 2.24) is 10.6 Å². The summed E-state index contributed by atoms with van der Waals surface area (Å²) >= 11 is 0. The third-order valence-electron chi connectivity index (χ3n) is 4.25. The van der Waals surface area contributed by atoms with Gasteiger partial charge in [0, 0.05) is 26.8 Å². The first-order chi connectivity index (χ1) is 12.4. The van der Waals surface area contributed by atoms with E-state index < -0.39 is 6.10 Å². The van der Waals surface area contributed by atoms with E-state index in [0.717, 1.165) is 50.5 Å². The van der Waals surface area contributed by atoms with Crippen LogP contribution < -0.4 is 10.6 Å². The highest BCUT2D eigenvalue weighted by Gasteiger charge is 2.14. The highest BCUT2D eigenvalue weighted by atomic mass is 16.5. The molecule has 0 aliphatic carbocycles. The maximum Gasteiger partial charge on any atom is 0.191 e. The minimum Gasteiger partial charge on any atom is -0.386 e. The number of rotatable bonds is 10. The second-order valence-electron chi connectivity index (χ2n) is 7.59. The number of aliphatic hydroxyl groups excluding tert-OH is 1. The zero-order chi connectivity index (χ0) is 19.4. The van der Waals surface area contributed by atoms with Crippen molar-refractivity contribution in [2.24, 2.45) is 4.99 Å². The minimum absolute atomic E-state index is 0.118. The molecule has 1 atom stereocenters. The van der Waals surface area contributed by atoms with E-state index in [2.05, 4.69) is 48.5 Å². The quantitative estimate of drug-likeness (QED) is 0.339. The molecule has 5 heteroatoms. The molecule has 0 aliphatic rings. The molecule has 1 unspecified atom stereocenters. The molecule has 1 aromatic rings. The van der Waals surface area contributed by atoms with Crippen molar-refractivity contribution in [3.63, 3.8) is 0 Å². The smallest absolute Gasteiger partial charge is 0.191 e. The Morgan fingerprint density at radius 3 is 2.38 bits per heavy atom. The number of aliphatic hydroxyl groups is 1. The van der Waals surface area contributed by atoms with Crippen LogP contribution in [0.4, 0.5) is 0 Å². The van der Waals surface area contributed by atoms with Crippen LogP contribution in [0.2, 0.25) is 0 Å². The lowest BCUT2D eigenvalue weighted by Crippen LogP contribution is -2.38.